The highest BCUT2D eigenvalue weighted by Crippen LogP contribution is 2.26. The van der Waals surface area contributed by atoms with E-state index in [0.29, 0.717) is 11.6 Å². The van der Waals surface area contributed by atoms with Crippen LogP contribution in [-0.2, 0) is 0 Å². The van der Waals surface area contributed by atoms with Gasteiger partial charge in [0.2, 0.25) is 0 Å². The summed E-state index contributed by atoms with van der Waals surface area (Å²) in [5.74, 6) is 1.37. The number of nitro benzene ring substituents is 1. The van der Waals surface area contributed by atoms with E-state index in [9.17, 15) is 10.1 Å². The molecule has 1 aromatic heterocycles. The van der Waals surface area contributed by atoms with Crippen LogP contribution in [0.2, 0.25) is 0 Å². The van der Waals surface area contributed by atoms with E-state index in [2.05, 4.69) is 17.0 Å². The first-order chi connectivity index (χ1) is 11.1. The van der Waals surface area contributed by atoms with Crippen LogP contribution in [0.3, 0.4) is 0 Å². The van der Waals surface area contributed by atoms with Crippen LogP contribution < -0.4 is 0 Å². The molecule has 0 aliphatic rings. The standard InChI is InChI=1S/C17H16N4O2/c1-12(14-6-4-3-5-7-14)20-17(18-13(2)19-20)15-8-10-16(11-9-15)21(22)23/h3-12H,1-2H3. The van der Waals surface area contributed by atoms with Gasteiger partial charge < -0.3 is 0 Å². The summed E-state index contributed by atoms with van der Waals surface area (Å²) in [6.45, 7) is 3.89. The first-order valence-electron chi connectivity index (χ1n) is 7.29. The van der Waals surface area contributed by atoms with E-state index >= 15 is 0 Å². The van der Waals surface area contributed by atoms with Gasteiger partial charge in [-0.15, -0.1) is 0 Å². The predicted octanol–water partition coefficient (Wildman–Crippen LogP) is 3.77. The second-order valence-corrected chi connectivity index (χ2v) is 5.32. The zero-order chi connectivity index (χ0) is 16.4. The highest BCUT2D eigenvalue weighted by Gasteiger charge is 2.17. The topological polar surface area (TPSA) is 73.8 Å². The molecule has 0 aliphatic heterocycles. The van der Waals surface area contributed by atoms with Gasteiger partial charge >= 0.3 is 0 Å². The van der Waals surface area contributed by atoms with Crippen molar-refractivity contribution in [2.45, 2.75) is 19.9 Å². The van der Waals surface area contributed by atoms with Gasteiger partial charge in [-0.1, -0.05) is 30.3 Å². The predicted molar refractivity (Wildman–Crippen MR) is 87.1 cm³/mol. The maximum atomic E-state index is 10.8. The summed E-state index contributed by atoms with van der Waals surface area (Å²) in [4.78, 5) is 14.9. The largest absolute Gasteiger partial charge is 0.269 e. The lowest BCUT2D eigenvalue weighted by Crippen LogP contribution is -2.10. The van der Waals surface area contributed by atoms with Crippen molar-refractivity contribution >= 4 is 5.69 Å². The molecule has 0 bridgehead atoms. The van der Waals surface area contributed by atoms with E-state index in [0.717, 1.165) is 11.1 Å². The molecule has 2 aromatic carbocycles. The molecule has 6 nitrogen and oxygen atoms in total. The lowest BCUT2D eigenvalue weighted by Gasteiger charge is -2.15. The molecule has 1 unspecified atom stereocenters. The molecule has 0 fully saturated rings. The van der Waals surface area contributed by atoms with Crippen LogP contribution in [0.15, 0.2) is 54.6 Å². The summed E-state index contributed by atoms with van der Waals surface area (Å²) >= 11 is 0. The fourth-order valence-electron chi connectivity index (χ4n) is 2.50. The number of non-ortho nitro benzene ring substituents is 1. The Morgan fingerprint density at radius 2 is 1.74 bits per heavy atom. The summed E-state index contributed by atoms with van der Waals surface area (Å²) < 4.78 is 1.85. The molecule has 0 saturated heterocycles. The average Bonchev–Trinajstić information content (AvgIpc) is 2.97. The first kappa shape index (κ1) is 14.9. The number of aryl methyl sites for hydroxylation is 1. The maximum Gasteiger partial charge on any atom is 0.269 e. The van der Waals surface area contributed by atoms with Crippen molar-refractivity contribution in [3.8, 4) is 11.4 Å². The highest BCUT2D eigenvalue weighted by atomic mass is 16.6. The second kappa shape index (κ2) is 6.00. The van der Waals surface area contributed by atoms with Crippen molar-refractivity contribution in [2.75, 3.05) is 0 Å². The third kappa shape index (κ3) is 2.96. The zero-order valence-electron chi connectivity index (χ0n) is 12.9. The zero-order valence-corrected chi connectivity index (χ0v) is 12.9. The normalized spacial score (nSPS) is 12.1. The van der Waals surface area contributed by atoms with E-state index < -0.39 is 4.92 Å². The van der Waals surface area contributed by atoms with E-state index in [1.54, 1.807) is 12.1 Å². The molecular formula is C17H16N4O2. The van der Waals surface area contributed by atoms with Crippen LogP contribution in [0, 0.1) is 17.0 Å². The molecule has 6 heteroatoms. The van der Waals surface area contributed by atoms with E-state index in [1.165, 1.54) is 12.1 Å². The highest BCUT2D eigenvalue weighted by molar-refractivity contribution is 5.58. The minimum absolute atomic E-state index is 0.0163. The number of nitro groups is 1. The van der Waals surface area contributed by atoms with Crippen molar-refractivity contribution in [3.63, 3.8) is 0 Å². The monoisotopic (exact) mass is 308 g/mol. The van der Waals surface area contributed by atoms with Gasteiger partial charge in [-0.25, -0.2) is 9.67 Å². The van der Waals surface area contributed by atoms with Gasteiger partial charge in [0.25, 0.3) is 5.69 Å². The number of aromatic nitrogens is 3. The smallest absolute Gasteiger partial charge is 0.258 e. The van der Waals surface area contributed by atoms with Gasteiger partial charge in [-0.3, -0.25) is 10.1 Å². The van der Waals surface area contributed by atoms with E-state index in [1.807, 2.05) is 41.9 Å². The Labute approximate surface area is 133 Å². The average molecular weight is 308 g/mol. The minimum atomic E-state index is -0.410. The van der Waals surface area contributed by atoms with Crippen LogP contribution in [-0.4, -0.2) is 19.7 Å². The molecule has 3 aromatic rings. The van der Waals surface area contributed by atoms with E-state index in [-0.39, 0.29) is 11.7 Å². The molecule has 116 valence electrons. The quantitative estimate of drug-likeness (QED) is 0.543. The molecule has 1 atom stereocenters. The molecule has 23 heavy (non-hydrogen) atoms. The van der Waals surface area contributed by atoms with Gasteiger partial charge in [0.1, 0.15) is 5.82 Å². The van der Waals surface area contributed by atoms with Crippen molar-refractivity contribution in [3.05, 3.63) is 76.1 Å². The number of rotatable bonds is 4. The van der Waals surface area contributed by atoms with Crippen molar-refractivity contribution < 1.29 is 4.92 Å². The maximum absolute atomic E-state index is 10.8. The number of benzene rings is 2. The fourth-order valence-corrected chi connectivity index (χ4v) is 2.50. The van der Waals surface area contributed by atoms with Crippen LogP contribution in [0.5, 0.6) is 0 Å². The Kier molecular flexibility index (Phi) is 3.89. The minimum Gasteiger partial charge on any atom is -0.258 e. The third-order valence-electron chi connectivity index (χ3n) is 3.72. The Morgan fingerprint density at radius 1 is 1.09 bits per heavy atom. The van der Waals surface area contributed by atoms with E-state index in [4.69, 9.17) is 0 Å². The summed E-state index contributed by atoms with van der Waals surface area (Å²) in [6, 6.07) is 16.4. The molecule has 0 amide bonds. The number of hydrogen-bond donors (Lipinski definition) is 0. The molecule has 0 aliphatic carbocycles. The molecule has 0 spiro atoms. The molecular weight excluding hydrogens is 292 g/mol. The molecule has 0 saturated carbocycles. The Morgan fingerprint density at radius 3 is 2.35 bits per heavy atom. The SMILES string of the molecule is Cc1nc(-c2ccc([N+](=O)[O-])cc2)n(C(C)c2ccccc2)n1. The molecule has 1 heterocycles. The fraction of sp³-hybridized carbons (Fsp3) is 0.176. The van der Waals surface area contributed by atoms with Gasteiger partial charge in [0.15, 0.2) is 5.82 Å². The van der Waals surface area contributed by atoms with Crippen LogP contribution in [0.4, 0.5) is 5.69 Å². The Balaban J connectivity index is 2.02. The Hall–Kier alpha value is -3.02. The summed E-state index contributed by atoms with van der Waals surface area (Å²) in [7, 11) is 0. The first-order valence-corrected chi connectivity index (χ1v) is 7.29. The van der Waals surface area contributed by atoms with Gasteiger partial charge in [0, 0.05) is 17.7 Å². The number of hydrogen-bond acceptors (Lipinski definition) is 4. The second-order valence-electron chi connectivity index (χ2n) is 5.32. The summed E-state index contributed by atoms with van der Waals surface area (Å²) in [5, 5.41) is 15.3. The summed E-state index contributed by atoms with van der Waals surface area (Å²) in [6.07, 6.45) is 0. The lowest BCUT2D eigenvalue weighted by atomic mass is 10.1. The van der Waals surface area contributed by atoms with Crippen molar-refractivity contribution in [2.24, 2.45) is 0 Å². The van der Waals surface area contributed by atoms with Crippen molar-refractivity contribution in [1.29, 1.82) is 0 Å². The molecule has 0 N–H and O–H groups in total. The molecule has 0 radical (unpaired) electrons. The number of nitrogens with zero attached hydrogens (tertiary/aromatic N) is 4. The Bertz CT molecular complexity index is 826. The van der Waals surface area contributed by atoms with Crippen LogP contribution >= 0.6 is 0 Å². The molecule has 3 rings (SSSR count). The summed E-state index contributed by atoms with van der Waals surface area (Å²) in [5.41, 5.74) is 1.99. The van der Waals surface area contributed by atoms with Crippen LogP contribution in [0.1, 0.15) is 24.4 Å². The van der Waals surface area contributed by atoms with Crippen molar-refractivity contribution in [1.82, 2.24) is 14.8 Å². The third-order valence-corrected chi connectivity index (χ3v) is 3.72. The van der Waals surface area contributed by atoms with Crippen LogP contribution in [0.25, 0.3) is 11.4 Å². The van der Waals surface area contributed by atoms with Gasteiger partial charge in [0.05, 0.1) is 11.0 Å². The van der Waals surface area contributed by atoms with Gasteiger partial charge in [-0.2, -0.15) is 5.10 Å². The van der Waals surface area contributed by atoms with Gasteiger partial charge in [-0.05, 0) is 31.5 Å². The lowest BCUT2D eigenvalue weighted by molar-refractivity contribution is -0.384.